The molecule has 0 saturated heterocycles. The van der Waals surface area contributed by atoms with E-state index in [-0.39, 0.29) is 12.7 Å². The second-order valence-electron chi connectivity index (χ2n) is 2.65. The molecule has 0 amide bonds. The summed E-state index contributed by atoms with van der Waals surface area (Å²) in [5.74, 6) is 0. The van der Waals surface area contributed by atoms with Crippen LogP contribution in [0.5, 0.6) is 0 Å². The highest BCUT2D eigenvalue weighted by Crippen LogP contribution is 2.18. The van der Waals surface area contributed by atoms with Crippen molar-refractivity contribution in [3.05, 3.63) is 35.9 Å². The van der Waals surface area contributed by atoms with Gasteiger partial charge in [-0.15, -0.1) is 0 Å². The van der Waals surface area contributed by atoms with Crippen LogP contribution in [0.2, 0.25) is 0 Å². The van der Waals surface area contributed by atoms with E-state index in [1.165, 1.54) is 0 Å². The van der Waals surface area contributed by atoms with Crippen LogP contribution in [-0.2, 0) is 4.74 Å². The average Bonchev–Trinajstić information content (AvgIpc) is 2.15. The lowest BCUT2D eigenvalue weighted by Gasteiger charge is -2.13. The molecule has 1 aromatic rings. The Morgan fingerprint density at radius 1 is 1.33 bits per heavy atom. The van der Waals surface area contributed by atoms with Gasteiger partial charge in [-0.1, -0.05) is 30.3 Å². The van der Waals surface area contributed by atoms with Crippen molar-refractivity contribution in [3.63, 3.8) is 0 Å². The first-order valence-electron chi connectivity index (χ1n) is 4.07. The van der Waals surface area contributed by atoms with Crippen molar-refractivity contribution in [1.29, 1.82) is 0 Å². The number of hydrogen-bond donors (Lipinski definition) is 1. The Labute approximate surface area is 72.8 Å². The van der Waals surface area contributed by atoms with Gasteiger partial charge in [-0.25, -0.2) is 0 Å². The van der Waals surface area contributed by atoms with Gasteiger partial charge in [0.1, 0.15) is 0 Å². The van der Waals surface area contributed by atoms with Crippen molar-refractivity contribution in [1.82, 2.24) is 0 Å². The highest BCUT2D eigenvalue weighted by atomic mass is 16.5. The van der Waals surface area contributed by atoms with Gasteiger partial charge in [-0.2, -0.15) is 0 Å². The van der Waals surface area contributed by atoms with Crippen LogP contribution in [0.15, 0.2) is 30.3 Å². The van der Waals surface area contributed by atoms with E-state index in [1.54, 1.807) is 7.11 Å². The predicted molar refractivity (Wildman–Crippen MR) is 47.9 cm³/mol. The van der Waals surface area contributed by atoms with Crippen LogP contribution in [0.1, 0.15) is 18.1 Å². The molecular weight excluding hydrogens is 152 g/mol. The highest BCUT2D eigenvalue weighted by molar-refractivity contribution is 5.17. The summed E-state index contributed by atoms with van der Waals surface area (Å²) in [5.41, 5.74) is 1.12. The Morgan fingerprint density at radius 2 is 2.00 bits per heavy atom. The molecule has 0 bridgehead atoms. The standard InChI is InChI=1S/C10H14O2/c1-12-10(7-8-11)9-5-3-2-4-6-9/h2-6,10-11H,7-8H2,1H3/t10-/m1/s1. The van der Waals surface area contributed by atoms with Crippen LogP contribution in [0.25, 0.3) is 0 Å². The van der Waals surface area contributed by atoms with E-state index in [9.17, 15) is 0 Å². The van der Waals surface area contributed by atoms with Gasteiger partial charge < -0.3 is 9.84 Å². The van der Waals surface area contributed by atoms with Crippen molar-refractivity contribution in [2.45, 2.75) is 12.5 Å². The summed E-state index contributed by atoms with van der Waals surface area (Å²) < 4.78 is 5.22. The molecule has 0 aromatic heterocycles. The quantitative estimate of drug-likeness (QED) is 0.738. The maximum atomic E-state index is 8.75. The SMILES string of the molecule is CO[C@H](CCO)c1ccccc1. The monoisotopic (exact) mass is 166 g/mol. The maximum Gasteiger partial charge on any atom is 0.0843 e. The van der Waals surface area contributed by atoms with Gasteiger partial charge in [-0.3, -0.25) is 0 Å². The fourth-order valence-electron chi connectivity index (χ4n) is 1.21. The van der Waals surface area contributed by atoms with Gasteiger partial charge in [0.05, 0.1) is 6.10 Å². The molecular formula is C10H14O2. The molecule has 0 aliphatic rings. The smallest absolute Gasteiger partial charge is 0.0843 e. The maximum absolute atomic E-state index is 8.75. The first-order valence-corrected chi connectivity index (χ1v) is 4.07. The molecule has 0 saturated carbocycles. The third kappa shape index (κ3) is 2.32. The molecule has 0 heterocycles. The van der Waals surface area contributed by atoms with Gasteiger partial charge in [0.25, 0.3) is 0 Å². The first-order chi connectivity index (χ1) is 5.88. The fraction of sp³-hybridized carbons (Fsp3) is 0.400. The molecule has 12 heavy (non-hydrogen) atoms. The molecule has 0 unspecified atom stereocenters. The second-order valence-corrected chi connectivity index (χ2v) is 2.65. The number of benzene rings is 1. The Morgan fingerprint density at radius 3 is 2.50 bits per heavy atom. The van der Waals surface area contributed by atoms with Crippen molar-refractivity contribution in [3.8, 4) is 0 Å². The summed E-state index contributed by atoms with van der Waals surface area (Å²) in [4.78, 5) is 0. The molecule has 0 aliphatic heterocycles. The first kappa shape index (κ1) is 9.23. The number of methoxy groups -OCH3 is 1. The van der Waals surface area contributed by atoms with Crippen LogP contribution < -0.4 is 0 Å². The van der Waals surface area contributed by atoms with Crippen LogP contribution in [0, 0.1) is 0 Å². The van der Waals surface area contributed by atoms with E-state index >= 15 is 0 Å². The van der Waals surface area contributed by atoms with Gasteiger partial charge in [0, 0.05) is 20.1 Å². The number of ether oxygens (including phenoxy) is 1. The fourth-order valence-corrected chi connectivity index (χ4v) is 1.21. The van der Waals surface area contributed by atoms with E-state index in [1.807, 2.05) is 30.3 Å². The van der Waals surface area contributed by atoms with Crippen molar-refractivity contribution in [2.24, 2.45) is 0 Å². The topological polar surface area (TPSA) is 29.5 Å². The minimum atomic E-state index is 0.0243. The molecule has 0 fully saturated rings. The van der Waals surface area contributed by atoms with Crippen LogP contribution >= 0.6 is 0 Å². The van der Waals surface area contributed by atoms with E-state index in [4.69, 9.17) is 9.84 Å². The molecule has 2 heteroatoms. The Hall–Kier alpha value is -0.860. The molecule has 66 valence electrons. The average molecular weight is 166 g/mol. The number of hydrogen-bond acceptors (Lipinski definition) is 2. The van der Waals surface area contributed by atoms with Crippen molar-refractivity contribution >= 4 is 0 Å². The van der Waals surface area contributed by atoms with Crippen LogP contribution in [0.3, 0.4) is 0 Å². The number of aliphatic hydroxyl groups is 1. The van der Waals surface area contributed by atoms with Crippen LogP contribution in [0.4, 0.5) is 0 Å². The van der Waals surface area contributed by atoms with E-state index in [0.29, 0.717) is 6.42 Å². The summed E-state index contributed by atoms with van der Waals surface area (Å²) in [5, 5.41) is 8.75. The molecule has 1 N–H and O–H groups in total. The largest absolute Gasteiger partial charge is 0.396 e. The Balaban J connectivity index is 2.66. The second kappa shape index (κ2) is 4.91. The van der Waals surface area contributed by atoms with E-state index in [2.05, 4.69) is 0 Å². The number of aliphatic hydroxyl groups excluding tert-OH is 1. The molecule has 2 nitrogen and oxygen atoms in total. The third-order valence-corrected chi connectivity index (χ3v) is 1.85. The van der Waals surface area contributed by atoms with Crippen LogP contribution in [-0.4, -0.2) is 18.8 Å². The molecule has 0 aliphatic carbocycles. The van der Waals surface area contributed by atoms with Gasteiger partial charge in [-0.05, 0) is 5.56 Å². The van der Waals surface area contributed by atoms with Crippen molar-refractivity contribution in [2.75, 3.05) is 13.7 Å². The van der Waals surface area contributed by atoms with E-state index < -0.39 is 0 Å². The minimum Gasteiger partial charge on any atom is -0.396 e. The number of rotatable bonds is 4. The van der Waals surface area contributed by atoms with Gasteiger partial charge in [0.15, 0.2) is 0 Å². The summed E-state index contributed by atoms with van der Waals surface area (Å²) in [6.07, 6.45) is 0.678. The van der Waals surface area contributed by atoms with Gasteiger partial charge >= 0.3 is 0 Å². The lowest BCUT2D eigenvalue weighted by molar-refractivity contribution is 0.0775. The summed E-state index contributed by atoms with van der Waals surface area (Å²) in [6.45, 7) is 0.160. The Kier molecular flexibility index (Phi) is 3.77. The third-order valence-electron chi connectivity index (χ3n) is 1.85. The molecule has 1 rings (SSSR count). The minimum absolute atomic E-state index is 0.0243. The molecule has 0 radical (unpaired) electrons. The summed E-state index contributed by atoms with van der Waals surface area (Å²) in [6, 6.07) is 9.92. The van der Waals surface area contributed by atoms with Crippen molar-refractivity contribution < 1.29 is 9.84 Å². The normalized spacial score (nSPS) is 12.8. The van der Waals surface area contributed by atoms with Gasteiger partial charge in [0.2, 0.25) is 0 Å². The zero-order chi connectivity index (χ0) is 8.81. The Bertz CT molecular complexity index is 208. The zero-order valence-corrected chi connectivity index (χ0v) is 7.23. The lowest BCUT2D eigenvalue weighted by Crippen LogP contribution is -2.03. The molecule has 1 aromatic carbocycles. The zero-order valence-electron chi connectivity index (χ0n) is 7.23. The lowest BCUT2D eigenvalue weighted by atomic mass is 10.1. The molecule has 1 atom stereocenters. The van der Waals surface area contributed by atoms with E-state index in [0.717, 1.165) is 5.56 Å². The summed E-state index contributed by atoms with van der Waals surface area (Å²) in [7, 11) is 1.66. The summed E-state index contributed by atoms with van der Waals surface area (Å²) >= 11 is 0. The predicted octanol–water partition coefficient (Wildman–Crippen LogP) is 1.76. The highest BCUT2D eigenvalue weighted by Gasteiger charge is 2.07. The molecule has 0 spiro atoms.